The van der Waals surface area contributed by atoms with Gasteiger partial charge in [0.1, 0.15) is 11.9 Å². The van der Waals surface area contributed by atoms with Crippen LogP contribution in [-0.2, 0) is 22.5 Å². The fourth-order valence-electron chi connectivity index (χ4n) is 1.79. The van der Waals surface area contributed by atoms with Crippen molar-refractivity contribution >= 4 is 18.4 Å². The number of hydrogen-bond acceptors (Lipinski definition) is 3. The van der Waals surface area contributed by atoms with Crippen LogP contribution in [0.15, 0.2) is 18.2 Å². The van der Waals surface area contributed by atoms with Crippen molar-refractivity contribution in [3.63, 3.8) is 0 Å². The monoisotopic (exact) mass is 245 g/mol. The summed E-state index contributed by atoms with van der Waals surface area (Å²) < 4.78 is 17.6. The molecule has 1 heterocycles. The van der Waals surface area contributed by atoms with E-state index in [1.54, 1.807) is 6.07 Å². The first-order chi connectivity index (χ1) is 7.20. The van der Waals surface area contributed by atoms with E-state index in [-0.39, 0.29) is 30.2 Å². The van der Waals surface area contributed by atoms with E-state index in [2.05, 4.69) is 10.1 Å². The molecule has 1 aliphatic heterocycles. The Hall–Kier alpha value is -1.13. The number of carbonyl (C=O) groups is 1. The molecule has 16 heavy (non-hydrogen) atoms. The predicted molar refractivity (Wildman–Crippen MR) is 60.0 cm³/mol. The molecule has 0 aromatic heterocycles. The summed E-state index contributed by atoms with van der Waals surface area (Å²) in [6, 6.07) is 4.29. The Labute approximate surface area is 99.4 Å². The molecule has 3 nitrogen and oxygen atoms in total. The van der Waals surface area contributed by atoms with Gasteiger partial charge >= 0.3 is 5.97 Å². The average molecular weight is 246 g/mol. The summed E-state index contributed by atoms with van der Waals surface area (Å²) in [6.07, 6.45) is 0.486. The first kappa shape index (κ1) is 12.9. The van der Waals surface area contributed by atoms with Crippen molar-refractivity contribution in [2.45, 2.75) is 19.0 Å². The Bertz CT molecular complexity index is 398. The molecular weight excluding hydrogens is 233 g/mol. The van der Waals surface area contributed by atoms with E-state index in [0.717, 1.165) is 11.1 Å². The number of nitrogens with one attached hydrogen (secondary N) is 1. The Balaban J connectivity index is 0.00000128. The quantitative estimate of drug-likeness (QED) is 0.761. The molecular formula is C11H13ClFNO2. The molecule has 2 rings (SSSR count). The van der Waals surface area contributed by atoms with E-state index in [4.69, 9.17) is 0 Å². The number of benzene rings is 1. The molecule has 0 unspecified atom stereocenters. The Morgan fingerprint density at radius 2 is 2.25 bits per heavy atom. The van der Waals surface area contributed by atoms with E-state index in [9.17, 15) is 9.18 Å². The summed E-state index contributed by atoms with van der Waals surface area (Å²) in [5.74, 6) is -0.566. The molecule has 0 aliphatic carbocycles. The van der Waals surface area contributed by atoms with Gasteiger partial charge in [-0.2, -0.15) is 0 Å². The maximum absolute atomic E-state index is 13.0. The molecule has 0 bridgehead atoms. The second-order valence-corrected chi connectivity index (χ2v) is 3.57. The summed E-state index contributed by atoms with van der Waals surface area (Å²) in [5, 5.41) is 3.05. The van der Waals surface area contributed by atoms with Crippen molar-refractivity contribution < 1.29 is 13.9 Å². The van der Waals surface area contributed by atoms with Gasteiger partial charge in [-0.1, -0.05) is 6.07 Å². The lowest BCUT2D eigenvalue weighted by Gasteiger charge is -2.24. The lowest BCUT2D eigenvalue weighted by atomic mass is 9.96. The van der Waals surface area contributed by atoms with E-state index >= 15 is 0 Å². The van der Waals surface area contributed by atoms with E-state index in [1.807, 2.05) is 0 Å². The Morgan fingerprint density at radius 3 is 2.94 bits per heavy atom. The van der Waals surface area contributed by atoms with Gasteiger partial charge in [0.2, 0.25) is 0 Å². The van der Waals surface area contributed by atoms with Crippen molar-refractivity contribution in [3.8, 4) is 0 Å². The van der Waals surface area contributed by atoms with E-state index in [0.29, 0.717) is 13.0 Å². The van der Waals surface area contributed by atoms with Gasteiger partial charge in [0.25, 0.3) is 0 Å². The fourth-order valence-corrected chi connectivity index (χ4v) is 1.79. The second-order valence-electron chi connectivity index (χ2n) is 3.57. The van der Waals surface area contributed by atoms with Crippen LogP contribution in [0.4, 0.5) is 4.39 Å². The third-order valence-electron chi connectivity index (χ3n) is 2.62. The van der Waals surface area contributed by atoms with Crippen LogP contribution in [0.5, 0.6) is 0 Å². The SMILES string of the molecule is COC(=O)[C@@H]1Cc2cc(F)ccc2CN1.Cl. The zero-order valence-electron chi connectivity index (χ0n) is 8.83. The molecule has 0 saturated carbocycles. The molecule has 0 spiro atoms. The highest BCUT2D eigenvalue weighted by Gasteiger charge is 2.24. The van der Waals surface area contributed by atoms with E-state index in [1.165, 1.54) is 19.2 Å². The largest absolute Gasteiger partial charge is 0.468 e. The van der Waals surface area contributed by atoms with Crippen LogP contribution in [0.2, 0.25) is 0 Å². The number of ether oxygens (including phenoxy) is 1. The second kappa shape index (κ2) is 5.27. The topological polar surface area (TPSA) is 38.3 Å². The van der Waals surface area contributed by atoms with Crippen molar-refractivity contribution in [1.29, 1.82) is 0 Å². The highest BCUT2D eigenvalue weighted by atomic mass is 35.5. The standard InChI is InChI=1S/C11H12FNO2.ClH/c1-15-11(14)10-5-8-4-9(12)3-2-7(8)6-13-10;/h2-4,10,13H,5-6H2,1H3;1H/t10-;/m0./s1. The normalized spacial score (nSPS) is 18.2. The molecule has 0 fully saturated rings. The van der Waals surface area contributed by atoms with Crippen LogP contribution >= 0.6 is 12.4 Å². The molecule has 88 valence electrons. The number of rotatable bonds is 1. The fraction of sp³-hybridized carbons (Fsp3) is 0.364. The molecule has 0 radical (unpaired) electrons. The number of esters is 1. The lowest BCUT2D eigenvalue weighted by molar-refractivity contribution is -0.143. The van der Waals surface area contributed by atoms with Gasteiger partial charge in [0.15, 0.2) is 0 Å². The average Bonchev–Trinajstić information content (AvgIpc) is 2.27. The zero-order valence-corrected chi connectivity index (χ0v) is 9.64. The predicted octanol–water partition coefficient (Wildman–Crippen LogP) is 1.43. The lowest BCUT2D eigenvalue weighted by Crippen LogP contribution is -2.42. The van der Waals surface area contributed by atoms with Crippen LogP contribution in [0.1, 0.15) is 11.1 Å². The zero-order chi connectivity index (χ0) is 10.8. The van der Waals surface area contributed by atoms with Gasteiger partial charge in [-0.05, 0) is 29.7 Å². The Kier molecular flexibility index (Phi) is 4.26. The minimum atomic E-state index is -0.357. The number of hydrogen-bond donors (Lipinski definition) is 1. The van der Waals surface area contributed by atoms with Crippen molar-refractivity contribution in [1.82, 2.24) is 5.32 Å². The van der Waals surface area contributed by atoms with Gasteiger partial charge in [0.05, 0.1) is 7.11 Å². The molecule has 1 aromatic carbocycles. The van der Waals surface area contributed by atoms with Crippen LogP contribution in [-0.4, -0.2) is 19.1 Å². The minimum Gasteiger partial charge on any atom is -0.468 e. The highest BCUT2D eigenvalue weighted by Crippen LogP contribution is 2.18. The summed E-state index contributed by atoms with van der Waals surface area (Å²) in [4.78, 5) is 11.3. The van der Waals surface area contributed by atoms with Crippen LogP contribution in [0.3, 0.4) is 0 Å². The van der Waals surface area contributed by atoms with E-state index < -0.39 is 0 Å². The molecule has 1 atom stereocenters. The van der Waals surface area contributed by atoms with Gasteiger partial charge < -0.3 is 10.1 Å². The maximum Gasteiger partial charge on any atom is 0.323 e. The number of methoxy groups -OCH3 is 1. The van der Waals surface area contributed by atoms with Crippen LogP contribution < -0.4 is 5.32 Å². The smallest absolute Gasteiger partial charge is 0.323 e. The number of carbonyl (C=O) groups excluding carboxylic acids is 1. The molecule has 0 saturated heterocycles. The van der Waals surface area contributed by atoms with Crippen molar-refractivity contribution in [2.75, 3.05) is 7.11 Å². The van der Waals surface area contributed by atoms with Gasteiger partial charge in [0, 0.05) is 6.54 Å². The molecule has 1 aromatic rings. The summed E-state index contributed by atoms with van der Waals surface area (Å²) in [5.41, 5.74) is 1.92. The number of halogens is 2. The van der Waals surface area contributed by atoms with Crippen molar-refractivity contribution in [3.05, 3.63) is 35.1 Å². The Morgan fingerprint density at radius 1 is 1.50 bits per heavy atom. The summed E-state index contributed by atoms with van der Waals surface area (Å²) in [7, 11) is 1.35. The third-order valence-corrected chi connectivity index (χ3v) is 2.62. The summed E-state index contributed by atoms with van der Waals surface area (Å²) >= 11 is 0. The van der Waals surface area contributed by atoms with Gasteiger partial charge in [-0.25, -0.2) is 4.39 Å². The first-order valence-electron chi connectivity index (χ1n) is 4.79. The highest BCUT2D eigenvalue weighted by molar-refractivity contribution is 5.85. The van der Waals surface area contributed by atoms with Gasteiger partial charge in [-0.15, -0.1) is 12.4 Å². The molecule has 5 heteroatoms. The summed E-state index contributed by atoms with van der Waals surface area (Å²) in [6.45, 7) is 0.579. The number of fused-ring (bicyclic) bond motifs is 1. The van der Waals surface area contributed by atoms with Crippen LogP contribution in [0, 0.1) is 5.82 Å². The van der Waals surface area contributed by atoms with Crippen molar-refractivity contribution in [2.24, 2.45) is 0 Å². The molecule has 1 N–H and O–H groups in total. The molecule has 1 aliphatic rings. The van der Waals surface area contributed by atoms with Gasteiger partial charge in [-0.3, -0.25) is 4.79 Å². The third kappa shape index (κ3) is 2.51. The minimum absolute atomic E-state index is 0. The maximum atomic E-state index is 13.0. The molecule has 0 amide bonds. The van der Waals surface area contributed by atoms with Crippen LogP contribution in [0.25, 0.3) is 0 Å². The first-order valence-corrected chi connectivity index (χ1v) is 4.79.